The van der Waals surface area contributed by atoms with Gasteiger partial charge in [0.1, 0.15) is 0 Å². The zero-order valence-corrected chi connectivity index (χ0v) is 8.75. The Kier molecular flexibility index (Phi) is 3.03. The highest BCUT2D eigenvalue weighted by atomic mass is 16.2. The van der Waals surface area contributed by atoms with Crippen molar-refractivity contribution in [2.24, 2.45) is 0 Å². The molecular weight excluding hydrogens is 178 g/mol. The summed E-state index contributed by atoms with van der Waals surface area (Å²) < 4.78 is 0. The van der Waals surface area contributed by atoms with Crippen molar-refractivity contribution in [3.05, 3.63) is 0 Å². The third-order valence-electron chi connectivity index (χ3n) is 3.17. The van der Waals surface area contributed by atoms with Crippen molar-refractivity contribution in [1.82, 2.24) is 15.5 Å². The SMILES string of the molecule is CCCC1C(=O)NCC2CNCCN21. The number of hydrogen-bond donors (Lipinski definition) is 2. The van der Waals surface area contributed by atoms with Crippen LogP contribution in [0.4, 0.5) is 0 Å². The molecule has 4 heteroatoms. The minimum Gasteiger partial charge on any atom is -0.353 e. The molecule has 0 saturated carbocycles. The van der Waals surface area contributed by atoms with E-state index in [-0.39, 0.29) is 11.9 Å². The molecule has 2 unspecified atom stereocenters. The Morgan fingerprint density at radius 2 is 2.36 bits per heavy atom. The van der Waals surface area contributed by atoms with Gasteiger partial charge in [-0.05, 0) is 6.42 Å². The van der Waals surface area contributed by atoms with Crippen LogP contribution in [0.15, 0.2) is 0 Å². The summed E-state index contributed by atoms with van der Waals surface area (Å²) in [5, 5.41) is 6.36. The number of rotatable bonds is 2. The van der Waals surface area contributed by atoms with Crippen molar-refractivity contribution < 1.29 is 4.79 Å². The van der Waals surface area contributed by atoms with Crippen LogP contribution in [0.3, 0.4) is 0 Å². The summed E-state index contributed by atoms with van der Waals surface area (Å²) in [7, 11) is 0. The topological polar surface area (TPSA) is 44.4 Å². The maximum Gasteiger partial charge on any atom is 0.237 e. The highest BCUT2D eigenvalue weighted by molar-refractivity contribution is 5.82. The van der Waals surface area contributed by atoms with Gasteiger partial charge in [0.2, 0.25) is 5.91 Å². The molecule has 0 aromatic carbocycles. The molecule has 0 radical (unpaired) electrons. The zero-order chi connectivity index (χ0) is 9.97. The van der Waals surface area contributed by atoms with Gasteiger partial charge in [0.05, 0.1) is 6.04 Å². The molecule has 2 N–H and O–H groups in total. The molecule has 2 aliphatic rings. The van der Waals surface area contributed by atoms with E-state index in [2.05, 4.69) is 22.5 Å². The van der Waals surface area contributed by atoms with Crippen LogP contribution in [-0.2, 0) is 4.79 Å². The number of amides is 1. The number of nitrogens with one attached hydrogen (secondary N) is 2. The summed E-state index contributed by atoms with van der Waals surface area (Å²) in [4.78, 5) is 14.0. The smallest absolute Gasteiger partial charge is 0.237 e. The van der Waals surface area contributed by atoms with Gasteiger partial charge in [-0.25, -0.2) is 0 Å². The largest absolute Gasteiger partial charge is 0.353 e. The van der Waals surface area contributed by atoms with Gasteiger partial charge in [0, 0.05) is 32.2 Å². The fraction of sp³-hybridized carbons (Fsp3) is 0.900. The maximum atomic E-state index is 11.7. The van der Waals surface area contributed by atoms with Crippen LogP contribution in [0, 0.1) is 0 Å². The zero-order valence-electron chi connectivity index (χ0n) is 8.75. The third-order valence-corrected chi connectivity index (χ3v) is 3.17. The van der Waals surface area contributed by atoms with Gasteiger partial charge in [-0.2, -0.15) is 0 Å². The number of fused-ring (bicyclic) bond motifs is 1. The van der Waals surface area contributed by atoms with E-state index in [4.69, 9.17) is 0 Å². The molecule has 2 atom stereocenters. The van der Waals surface area contributed by atoms with Gasteiger partial charge in [0.15, 0.2) is 0 Å². The summed E-state index contributed by atoms with van der Waals surface area (Å²) in [5.74, 6) is 0.227. The summed E-state index contributed by atoms with van der Waals surface area (Å²) in [5.41, 5.74) is 0. The molecule has 2 heterocycles. The Hall–Kier alpha value is -0.610. The molecule has 2 fully saturated rings. The van der Waals surface area contributed by atoms with Crippen LogP contribution >= 0.6 is 0 Å². The maximum absolute atomic E-state index is 11.7. The Labute approximate surface area is 85.0 Å². The lowest BCUT2D eigenvalue weighted by molar-refractivity contribution is -0.132. The summed E-state index contributed by atoms with van der Waals surface area (Å²) in [6, 6.07) is 0.638. The summed E-state index contributed by atoms with van der Waals surface area (Å²) in [6.45, 7) is 6.00. The highest BCUT2D eigenvalue weighted by Crippen LogP contribution is 2.16. The summed E-state index contributed by atoms with van der Waals surface area (Å²) >= 11 is 0. The van der Waals surface area contributed by atoms with Crippen LogP contribution in [0.1, 0.15) is 19.8 Å². The lowest BCUT2D eigenvalue weighted by atomic mass is 10.0. The fourth-order valence-electron chi connectivity index (χ4n) is 2.43. The molecule has 0 aliphatic carbocycles. The van der Waals surface area contributed by atoms with E-state index in [0.29, 0.717) is 6.04 Å². The minimum atomic E-state index is 0.126. The standard InChI is InChI=1S/C10H19N3O/c1-2-3-9-10(14)12-7-8-6-11-4-5-13(8)9/h8-9,11H,2-7H2,1H3,(H,12,14). The van der Waals surface area contributed by atoms with Crippen LogP contribution < -0.4 is 10.6 Å². The molecular formula is C10H19N3O. The molecule has 80 valence electrons. The first-order valence-corrected chi connectivity index (χ1v) is 5.57. The number of nitrogens with zero attached hydrogens (tertiary/aromatic N) is 1. The van der Waals surface area contributed by atoms with Crippen molar-refractivity contribution in [2.45, 2.75) is 31.8 Å². The van der Waals surface area contributed by atoms with E-state index in [1.807, 2.05) is 0 Å². The second kappa shape index (κ2) is 4.28. The average Bonchev–Trinajstić information content (AvgIpc) is 2.23. The van der Waals surface area contributed by atoms with Crippen LogP contribution in [0.5, 0.6) is 0 Å². The van der Waals surface area contributed by atoms with E-state index in [0.717, 1.165) is 39.0 Å². The molecule has 14 heavy (non-hydrogen) atoms. The highest BCUT2D eigenvalue weighted by Gasteiger charge is 2.36. The van der Waals surface area contributed by atoms with Gasteiger partial charge in [-0.15, -0.1) is 0 Å². The molecule has 2 rings (SSSR count). The molecule has 4 nitrogen and oxygen atoms in total. The molecule has 2 aliphatic heterocycles. The van der Waals surface area contributed by atoms with Crippen LogP contribution in [0.2, 0.25) is 0 Å². The number of carbonyl (C=O) groups is 1. The van der Waals surface area contributed by atoms with E-state index in [1.165, 1.54) is 0 Å². The first-order valence-electron chi connectivity index (χ1n) is 5.57. The van der Waals surface area contributed by atoms with E-state index in [1.54, 1.807) is 0 Å². The van der Waals surface area contributed by atoms with Crippen molar-refractivity contribution in [2.75, 3.05) is 26.2 Å². The summed E-state index contributed by atoms with van der Waals surface area (Å²) in [6.07, 6.45) is 2.07. The Bertz CT molecular complexity index is 219. The number of carbonyl (C=O) groups excluding carboxylic acids is 1. The Morgan fingerprint density at radius 1 is 1.50 bits per heavy atom. The monoisotopic (exact) mass is 197 g/mol. The molecule has 1 amide bonds. The van der Waals surface area contributed by atoms with Gasteiger partial charge < -0.3 is 10.6 Å². The molecule has 0 spiro atoms. The van der Waals surface area contributed by atoms with Crippen molar-refractivity contribution in [3.8, 4) is 0 Å². The normalized spacial score (nSPS) is 33.6. The minimum absolute atomic E-state index is 0.126. The molecule has 0 bridgehead atoms. The fourth-order valence-corrected chi connectivity index (χ4v) is 2.43. The van der Waals surface area contributed by atoms with Crippen LogP contribution in [-0.4, -0.2) is 49.1 Å². The number of piperazine rings is 2. The predicted octanol–water partition coefficient (Wildman–Crippen LogP) is -0.441. The van der Waals surface area contributed by atoms with Gasteiger partial charge in [0.25, 0.3) is 0 Å². The van der Waals surface area contributed by atoms with Gasteiger partial charge >= 0.3 is 0 Å². The number of hydrogen-bond acceptors (Lipinski definition) is 3. The molecule has 0 aromatic rings. The van der Waals surface area contributed by atoms with Gasteiger partial charge in [-0.3, -0.25) is 9.69 Å². The van der Waals surface area contributed by atoms with E-state index in [9.17, 15) is 4.79 Å². The third kappa shape index (κ3) is 1.77. The van der Waals surface area contributed by atoms with E-state index < -0.39 is 0 Å². The van der Waals surface area contributed by atoms with Crippen LogP contribution in [0.25, 0.3) is 0 Å². The van der Waals surface area contributed by atoms with E-state index >= 15 is 0 Å². The Balaban J connectivity index is 2.05. The lowest BCUT2D eigenvalue weighted by Crippen LogP contribution is -2.66. The molecule has 2 saturated heterocycles. The second-order valence-electron chi connectivity index (χ2n) is 4.15. The van der Waals surface area contributed by atoms with Crippen molar-refractivity contribution in [1.29, 1.82) is 0 Å². The first-order chi connectivity index (χ1) is 6.83. The quantitative estimate of drug-likeness (QED) is 0.631. The average molecular weight is 197 g/mol. The van der Waals surface area contributed by atoms with Crippen molar-refractivity contribution in [3.63, 3.8) is 0 Å². The van der Waals surface area contributed by atoms with Crippen molar-refractivity contribution >= 4 is 5.91 Å². The first kappa shape index (κ1) is 9.93. The van der Waals surface area contributed by atoms with Gasteiger partial charge in [-0.1, -0.05) is 13.3 Å². The second-order valence-corrected chi connectivity index (χ2v) is 4.15. The lowest BCUT2D eigenvalue weighted by Gasteiger charge is -2.44. The predicted molar refractivity (Wildman–Crippen MR) is 55.1 cm³/mol. The molecule has 0 aromatic heterocycles. The Morgan fingerprint density at radius 3 is 3.14 bits per heavy atom.